The van der Waals surface area contributed by atoms with E-state index in [1.165, 1.54) is 12.1 Å². The summed E-state index contributed by atoms with van der Waals surface area (Å²) < 4.78 is 25.7. The number of hydrogen-bond acceptors (Lipinski definition) is 7. The minimum atomic E-state index is -0.443. The van der Waals surface area contributed by atoms with Crippen LogP contribution >= 0.6 is 0 Å². The number of fused-ring (bicyclic) bond motifs is 1. The molecule has 2 atom stereocenters. The summed E-state index contributed by atoms with van der Waals surface area (Å²) in [5.74, 6) is 0.369. The molecule has 3 N–H and O–H groups in total. The van der Waals surface area contributed by atoms with Crippen LogP contribution in [0.1, 0.15) is 12.0 Å². The first kappa shape index (κ1) is 22.1. The number of amides is 1. The Morgan fingerprint density at radius 2 is 2.15 bits per heavy atom. The average Bonchev–Trinajstić information content (AvgIpc) is 3.24. The van der Waals surface area contributed by atoms with Crippen LogP contribution in [0, 0.1) is 11.7 Å². The third-order valence-electron chi connectivity index (χ3n) is 6.15. The molecule has 0 radical (unpaired) electrons. The number of nitrogens with two attached hydrogens (primary N) is 1. The molecule has 3 heterocycles. The number of benzene rings is 2. The number of anilines is 2. The number of nitrogens with zero attached hydrogens (tertiary/aromatic N) is 3. The molecule has 34 heavy (non-hydrogen) atoms. The maximum Gasteiger partial charge on any atom is 0.231 e. The van der Waals surface area contributed by atoms with Gasteiger partial charge in [0.05, 0.1) is 17.3 Å². The molecule has 5 rings (SSSR count). The van der Waals surface area contributed by atoms with Crippen LogP contribution in [-0.2, 0) is 11.2 Å². The van der Waals surface area contributed by atoms with Crippen molar-refractivity contribution in [2.24, 2.45) is 5.92 Å². The molecule has 0 saturated carbocycles. The zero-order chi connectivity index (χ0) is 23.7. The van der Waals surface area contributed by atoms with Crippen LogP contribution < -0.4 is 20.5 Å². The second kappa shape index (κ2) is 9.26. The van der Waals surface area contributed by atoms with Gasteiger partial charge in [0.1, 0.15) is 30.0 Å². The SMILES string of the molecule is CN1CCC(Oc2cc(-c3ccnc(N)n3)ccc2NC(=O)C2COc3ccc(F)cc3C2)C1. The highest BCUT2D eigenvalue weighted by atomic mass is 19.1. The molecular weight excluding hydrogens is 437 g/mol. The summed E-state index contributed by atoms with van der Waals surface area (Å²) >= 11 is 0. The fourth-order valence-corrected chi connectivity index (χ4v) is 4.35. The maximum atomic E-state index is 13.7. The van der Waals surface area contributed by atoms with Crippen LogP contribution in [0.4, 0.5) is 16.0 Å². The Balaban J connectivity index is 1.39. The Morgan fingerprint density at radius 3 is 2.94 bits per heavy atom. The van der Waals surface area contributed by atoms with Gasteiger partial charge in [0.25, 0.3) is 0 Å². The third-order valence-corrected chi connectivity index (χ3v) is 6.15. The van der Waals surface area contributed by atoms with Gasteiger partial charge in [-0.15, -0.1) is 0 Å². The topological polar surface area (TPSA) is 103 Å². The molecule has 0 aliphatic carbocycles. The van der Waals surface area contributed by atoms with Gasteiger partial charge in [-0.3, -0.25) is 4.79 Å². The molecule has 9 heteroatoms. The van der Waals surface area contributed by atoms with Crippen molar-refractivity contribution in [2.75, 3.05) is 37.8 Å². The Hall–Kier alpha value is -3.72. The number of hydrogen-bond donors (Lipinski definition) is 2. The number of likely N-dealkylation sites (N-methyl/N-ethyl adjacent to an activating group) is 1. The van der Waals surface area contributed by atoms with E-state index < -0.39 is 5.92 Å². The zero-order valence-electron chi connectivity index (χ0n) is 18.8. The number of nitrogens with one attached hydrogen (secondary N) is 1. The van der Waals surface area contributed by atoms with E-state index in [0.717, 1.165) is 25.1 Å². The van der Waals surface area contributed by atoms with Gasteiger partial charge in [-0.05, 0) is 61.9 Å². The number of ether oxygens (including phenoxy) is 2. The van der Waals surface area contributed by atoms with Gasteiger partial charge < -0.3 is 25.4 Å². The van der Waals surface area contributed by atoms with E-state index in [-0.39, 0.29) is 30.4 Å². The number of likely N-dealkylation sites (tertiary alicyclic amines) is 1. The molecule has 2 unspecified atom stereocenters. The Labute approximate surface area is 196 Å². The lowest BCUT2D eigenvalue weighted by molar-refractivity contribution is -0.121. The van der Waals surface area contributed by atoms with Crippen molar-refractivity contribution in [3.8, 4) is 22.8 Å². The van der Waals surface area contributed by atoms with Crippen molar-refractivity contribution in [3.63, 3.8) is 0 Å². The van der Waals surface area contributed by atoms with Crippen molar-refractivity contribution in [2.45, 2.75) is 18.9 Å². The highest BCUT2D eigenvalue weighted by Crippen LogP contribution is 2.34. The number of halogens is 1. The molecule has 1 amide bonds. The minimum Gasteiger partial charge on any atom is -0.492 e. The van der Waals surface area contributed by atoms with E-state index in [1.54, 1.807) is 24.4 Å². The lowest BCUT2D eigenvalue weighted by Gasteiger charge is -2.25. The van der Waals surface area contributed by atoms with Crippen LogP contribution in [0.25, 0.3) is 11.3 Å². The van der Waals surface area contributed by atoms with Crippen LogP contribution in [0.5, 0.6) is 11.5 Å². The first-order valence-electron chi connectivity index (χ1n) is 11.2. The lowest BCUT2D eigenvalue weighted by atomic mass is 9.95. The third kappa shape index (κ3) is 4.79. The van der Waals surface area contributed by atoms with Crippen molar-refractivity contribution in [3.05, 3.63) is 60.0 Å². The predicted molar refractivity (Wildman–Crippen MR) is 126 cm³/mol. The van der Waals surface area contributed by atoms with Gasteiger partial charge in [-0.1, -0.05) is 6.07 Å². The van der Waals surface area contributed by atoms with Gasteiger partial charge in [0.15, 0.2) is 0 Å². The first-order chi connectivity index (χ1) is 16.4. The molecule has 1 fully saturated rings. The number of carbonyl (C=O) groups is 1. The van der Waals surface area contributed by atoms with Crippen LogP contribution in [0.15, 0.2) is 48.7 Å². The Morgan fingerprint density at radius 1 is 1.26 bits per heavy atom. The van der Waals surface area contributed by atoms with E-state index in [9.17, 15) is 9.18 Å². The largest absolute Gasteiger partial charge is 0.492 e. The van der Waals surface area contributed by atoms with Crippen LogP contribution in [0.2, 0.25) is 0 Å². The van der Waals surface area contributed by atoms with Crippen molar-refractivity contribution in [1.82, 2.24) is 14.9 Å². The summed E-state index contributed by atoms with van der Waals surface area (Å²) in [7, 11) is 2.05. The summed E-state index contributed by atoms with van der Waals surface area (Å²) in [5.41, 5.74) is 8.47. The van der Waals surface area contributed by atoms with Crippen molar-refractivity contribution < 1.29 is 18.7 Å². The fraction of sp³-hybridized carbons (Fsp3) is 0.320. The average molecular weight is 464 g/mol. The summed E-state index contributed by atoms with van der Waals surface area (Å²) in [4.78, 5) is 23.6. The van der Waals surface area contributed by atoms with E-state index in [1.807, 2.05) is 12.1 Å². The zero-order valence-corrected chi connectivity index (χ0v) is 18.8. The number of carbonyl (C=O) groups excluding carboxylic acids is 1. The molecule has 3 aromatic rings. The first-order valence-corrected chi connectivity index (χ1v) is 11.2. The van der Waals surface area contributed by atoms with E-state index >= 15 is 0 Å². The van der Waals surface area contributed by atoms with Crippen molar-refractivity contribution >= 4 is 17.5 Å². The molecule has 2 aromatic carbocycles. The lowest BCUT2D eigenvalue weighted by Crippen LogP contribution is -2.33. The van der Waals surface area contributed by atoms with Gasteiger partial charge in [-0.2, -0.15) is 0 Å². The summed E-state index contributed by atoms with van der Waals surface area (Å²) in [6.45, 7) is 1.98. The second-order valence-electron chi connectivity index (χ2n) is 8.76. The highest BCUT2D eigenvalue weighted by Gasteiger charge is 2.28. The second-order valence-corrected chi connectivity index (χ2v) is 8.76. The summed E-state index contributed by atoms with van der Waals surface area (Å²) in [6, 6.07) is 11.7. The molecule has 0 bridgehead atoms. The van der Waals surface area contributed by atoms with E-state index in [4.69, 9.17) is 15.2 Å². The molecule has 8 nitrogen and oxygen atoms in total. The van der Waals surface area contributed by atoms with Crippen LogP contribution in [-0.4, -0.2) is 53.6 Å². The minimum absolute atomic E-state index is 0.0132. The molecule has 1 aromatic heterocycles. The Bertz CT molecular complexity index is 1220. The van der Waals surface area contributed by atoms with E-state index in [0.29, 0.717) is 34.9 Å². The molecule has 2 aliphatic heterocycles. The summed E-state index contributed by atoms with van der Waals surface area (Å²) in [5, 5.41) is 2.99. The van der Waals surface area contributed by atoms with Gasteiger partial charge in [0.2, 0.25) is 11.9 Å². The number of nitrogen functional groups attached to an aromatic ring is 1. The van der Waals surface area contributed by atoms with Crippen LogP contribution in [0.3, 0.4) is 0 Å². The smallest absolute Gasteiger partial charge is 0.231 e. The summed E-state index contributed by atoms with van der Waals surface area (Å²) in [6.07, 6.45) is 2.91. The molecule has 176 valence electrons. The van der Waals surface area contributed by atoms with Gasteiger partial charge >= 0.3 is 0 Å². The quantitative estimate of drug-likeness (QED) is 0.599. The predicted octanol–water partition coefficient (Wildman–Crippen LogP) is 3.14. The van der Waals surface area contributed by atoms with E-state index in [2.05, 4.69) is 27.2 Å². The molecular formula is C25H26FN5O3. The highest BCUT2D eigenvalue weighted by molar-refractivity contribution is 5.95. The number of rotatable bonds is 5. The maximum absolute atomic E-state index is 13.7. The normalized spacial score (nSPS) is 19.8. The molecule has 1 saturated heterocycles. The van der Waals surface area contributed by atoms with Gasteiger partial charge in [0, 0.05) is 24.8 Å². The van der Waals surface area contributed by atoms with Crippen molar-refractivity contribution in [1.29, 1.82) is 0 Å². The Kier molecular flexibility index (Phi) is 6.02. The van der Waals surface area contributed by atoms with Gasteiger partial charge in [-0.25, -0.2) is 14.4 Å². The fourth-order valence-electron chi connectivity index (χ4n) is 4.35. The molecule has 0 spiro atoms. The molecule has 2 aliphatic rings. The monoisotopic (exact) mass is 463 g/mol. The number of aromatic nitrogens is 2. The standard InChI is InChI=1S/C25H26FN5O3/c1-31-9-7-19(13-31)34-23-12-15(20-6-8-28-25(27)30-20)2-4-21(23)29-24(32)17-10-16-11-18(26)3-5-22(16)33-14-17/h2-6,8,11-12,17,19H,7,9-10,13-14H2,1H3,(H,29,32)(H2,27,28,30).